The van der Waals surface area contributed by atoms with Gasteiger partial charge < -0.3 is 15.8 Å². The number of hydrogen-bond donors (Lipinski definition) is 2. The Morgan fingerprint density at radius 3 is 2.45 bits per heavy atom. The Morgan fingerprint density at radius 1 is 1.15 bits per heavy atom. The molecule has 0 amide bonds. The van der Waals surface area contributed by atoms with E-state index >= 15 is 0 Å². The smallest absolute Gasteiger partial charge is 0.119 e. The van der Waals surface area contributed by atoms with Gasteiger partial charge in [0.2, 0.25) is 0 Å². The molecular formula is C16H19BrN2O. The Morgan fingerprint density at radius 2 is 1.85 bits per heavy atom. The molecule has 2 aromatic rings. The second-order valence-corrected chi connectivity index (χ2v) is 5.81. The molecule has 0 aromatic heterocycles. The van der Waals surface area contributed by atoms with Crippen LogP contribution in [0, 0.1) is 0 Å². The molecule has 20 heavy (non-hydrogen) atoms. The van der Waals surface area contributed by atoms with Crippen molar-refractivity contribution >= 4 is 27.3 Å². The predicted octanol–water partition coefficient (Wildman–Crippen LogP) is 4.43. The van der Waals surface area contributed by atoms with Crippen molar-refractivity contribution in [2.75, 3.05) is 11.1 Å². The van der Waals surface area contributed by atoms with Crippen LogP contribution in [0.2, 0.25) is 0 Å². The number of benzene rings is 2. The maximum atomic E-state index is 5.95. The minimum atomic E-state index is 0.196. The minimum Gasteiger partial charge on any atom is -0.491 e. The third-order valence-corrected chi connectivity index (χ3v) is 3.28. The summed E-state index contributed by atoms with van der Waals surface area (Å²) in [5.74, 6) is 0.895. The molecule has 3 N–H and O–H groups in total. The summed E-state index contributed by atoms with van der Waals surface area (Å²) in [5, 5.41) is 3.33. The number of nitrogens with two attached hydrogens (primary N) is 1. The molecule has 0 saturated carbocycles. The molecule has 0 heterocycles. The van der Waals surface area contributed by atoms with E-state index in [-0.39, 0.29) is 6.10 Å². The fraction of sp³-hybridized carbons (Fsp3) is 0.250. The van der Waals surface area contributed by atoms with E-state index in [1.54, 1.807) is 0 Å². The Bertz CT molecular complexity index is 567. The summed E-state index contributed by atoms with van der Waals surface area (Å²) in [7, 11) is 0. The van der Waals surface area contributed by atoms with E-state index in [1.165, 1.54) is 5.56 Å². The number of halogens is 1. The molecule has 106 valence electrons. The van der Waals surface area contributed by atoms with E-state index < -0.39 is 0 Å². The van der Waals surface area contributed by atoms with Crippen molar-refractivity contribution in [3.8, 4) is 5.75 Å². The van der Waals surface area contributed by atoms with Crippen molar-refractivity contribution in [3.05, 3.63) is 52.5 Å². The summed E-state index contributed by atoms with van der Waals surface area (Å²) in [6, 6.07) is 13.9. The monoisotopic (exact) mass is 334 g/mol. The number of ether oxygens (including phenoxy) is 1. The Hall–Kier alpha value is -1.68. The third kappa shape index (κ3) is 4.17. The van der Waals surface area contributed by atoms with Crippen LogP contribution in [0.1, 0.15) is 19.4 Å². The van der Waals surface area contributed by atoms with Gasteiger partial charge in [-0.15, -0.1) is 0 Å². The van der Waals surface area contributed by atoms with Crippen molar-refractivity contribution in [2.45, 2.75) is 26.5 Å². The standard InChI is InChI=1S/C16H19BrN2O/c1-11(2)20-14-6-3-12(4-7-14)10-19-16-8-5-13(17)9-15(16)18/h3-9,11,19H,10,18H2,1-2H3. The summed E-state index contributed by atoms with van der Waals surface area (Å²) in [5.41, 5.74) is 8.81. The van der Waals surface area contributed by atoms with Crippen LogP contribution in [-0.2, 0) is 6.54 Å². The maximum Gasteiger partial charge on any atom is 0.119 e. The lowest BCUT2D eigenvalue weighted by atomic mass is 10.2. The van der Waals surface area contributed by atoms with Gasteiger partial charge in [0.1, 0.15) is 5.75 Å². The highest BCUT2D eigenvalue weighted by molar-refractivity contribution is 9.10. The number of rotatable bonds is 5. The first-order valence-corrected chi connectivity index (χ1v) is 7.38. The molecule has 0 unspecified atom stereocenters. The topological polar surface area (TPSA) is 47.3 Å². The van der Waals surface area contributed by atoms with E-state index in [1.807, 2.05) is 44.2 Å². The van der Waals surface area contributed by atoms with Crippen molar-refractivity contribution in [1.82, 2.24) is 0 Å². The summed E-state index contributed by atoms with van der Waals surface area (Å²) in [4.78, 5) is 0. The average Bonchev–Trinajstić information content (AvgIpc) is 2.39. The fourth-order valence-corrected chi connectivity index (χ4v) is 2.23. The Balaban J connectivity index is 1.96. The van der Waals surface area contributed by atoms with Gasteiger partial charge in [0.15, 0.2) is 0 Å². The van der Waals surface area contributed by atoms with E-state index in [2.05, 4.69) is 33.4 Å². The van der Waals surface area contributed by atoms with Gasteiger partial charge in [-0.05, 0) is 49.7 Å². The Labute approximate surface area is 128 Å². The van der Waals surface area contributed by atoms with E-state index in [0.717, 1.165) is 28.1 Å². The molecule has 3 nitrogen and oxygen atoms in total. The van der Waals surface area contributed by atoms with E-state index in [9.17, 15) is 0 Å². The van der Waals surface area contributed by atoms with Crippen LogP contribution in [0.15, 0.2) is 46.9 Å². The zero-order valence-corrected chi connectivity index (χ0v) is 13.3. The van der Waals surface area contributed by atoms with Crippen LogP contribution >= 0.6 is 15.9 Å². The lowest BCUT2D eigenvalue weighted by molar-refractivity contribution is 0.242. The first-order valence-electron chi connectivity index (χ1n) is 6.59. The highest BCUT2D eigenvalue weighted by atomic mass is 79.9. The van der Waals surface area contributed by atoms with Crippen molar-refractivity contribution in [2.24, 2.45) is 0 Å². The fourth-order valence-electron chi connectivity index (χ4n) is 1.85. The Kier molecular flexibility index (Phi) is 4.90. The molecule has 0 spiro atoms. The zero-order chi connectivity index (χ0) is 14.5. The zero-order valence-electron chi connectivity index (χ0n) is 11.7. The third-order valence-electron chi connectivity index (χ3n) is 2.79. The van der Waals surface area contributed by atoms with Crippen molar-refractivity contribution in [1.29, 1.82) is 0 Å². The molecule has 0 radical (unpaired) electrons. The van der Waals surface area contributed by atoms with Gasteiger partial charge in [-0.2, -0.15) is 0 Å². The number of hydrogen-bond acceptors (Lipinski definition) is 3. The molecule has 0 aliphatic carbocycles. The van der Waals surface area contributed by atoms with Gasteiger partial charge in [-0.3, -0.25) is 0 Å². The summed E-state index contributed by atoms with van der Waals surface area (Å²) in [6.45, 7) is 4.77. The SMILES string of the molecule is CC(C)Oc1ccc(CNc2ccc(Br)cc2N)cc1. The average molecular weight is 335 g/mol. The highest BCUT2D eigenvalue weighted by Gasteiger charge is 2.01. The second kappa shape index (κ2) is 6.66. The first kappa shape index (κ1) is 14.7. The molecule has 0 atom stereocenters. The molecule has 4 heteroatoms. The second-order valence-electron chi connectivity index (χ2n) is 4.90. The summed E-state index contributed by atoms with van der Waals surface area (Å²) in [6.07, 6.45) is 0.196. The van der Waals surface area contributed by atoms with Gasteiger partial charge >= 0.3 is 0 Å². The highest BCUT2D eigenvalue weighted by Crippen LogP contribution is 2.23. The quantitative estimate of drug-likeness (QED) is 0.795. The normalized spacial score (nSPS) is 10.6. The molecule has 2 aromatic carbocycles. The summed E-state index contributed by atoms with van der Waals surface area (Å²) >= 11 is 3.40. The predicted molar refractivity (Wildman–Crippen MR) is 88.1 cm³/mol. The minimum absolute atomic E-state index is 0.196. The van der Waals surface area contributed by atoms with Crippen LogP contribution < -0.4 is 15.8 Å². The van der Waals surface area contributed by atoms with Gasteiger partial charge in [-0.1, -0.05) is 28.1 Å². The van der Waals surface area contributed by atoms with Crippen LogP contribution in [-0.4, -0.2) is 6.10 Å². The number of nitrogen functional groups attached to an aromatic ring is 1. The van der Waals surface area contributed by atoms with Crippen molar-refractivity contribution < 1.29 is 4.74 Å². The molecule has 0 saturated heterocycles. The van der Waals surface area contributed by atoms with E-state index in [0.29, 0.717) is 0 Å². The van der Waals surface area contributed by atoms with Crippen LogP contribution in [0.5, 0.6) is 5.75 Å². The van der Waals surface area contributed by atoms with Gasteiger partial charge in [0.25, 0.3) is 0 Å². The molecule has 0 aliphatic heterocycles. The van der Waals surface area contributed by atoms with Gasteiger partial charge in [0, 0.05) is 11.0 Å². The van der Waals surface area contributed by atoms with Crippen LogP contribution in [0.25, 0.3) is 0 Å². The van der Waals surface area contributed by atoms with Gasteiger partial charge in [-0.25, -0.2) is 0 Å². The van der Waals surface area contributed by atoms with Crippen LogP contribution in [0.4, 0.5) is 11.4 Å². The lowest BCUT2D eigenvalue weighted by Gasteiger charge is -2.12. The largest absolute Gasteiger partial charge is 0.491 e. The van der Waals surface area contributed by atoms with E-state index in [4.69, 9.17) is 10.5 Å². The van der Waals surface area contributed by atoms with Crippen molar-refractivity contribution in [3.63, 3.8) is 0 Å². The number of anilines is 2. The molecular weight excluding hydrogens is 316 g/mol. The molecule has 2 rings (SSSR count). The first-order chi connectivity index (χ1) is 9.54. The van der Waals surface area contributed by atoms with Gasteiger partial charge in [0.05, 0.1) is 17.5 Å². The number of nitrogens with one attached hydrogen (secondary N) is 1. The lowest BCUT2D eigenvalue weighted by Crippen LogP contribution is -2.06. The van der Waals surface area contributed by atoms with Crippen LogP contribution in [0.3, 0.4) is 0 Å². The maximum absolute atomic E-state index is 5.95. The molecule has 0 fully saturated rings. The molecule has 0 bridgehead atoms. The summed E-state index contributed by atoms with van der Waals surface area (Å²) < 4.78 is 6.60. The molecule has 0 aliphatic rings.